The third-order valence-electron chi connectivity index (χ3n) is 3.08. The number of hydrogen-bond donors (Lipinski definition) is 2. The van der Waals surface area contributed by atoms with Gasteiger partial charge in [-0.3, -0.25) is 4.90 Å². The monoisotopic (exact) mass is 264 g/mol. The topological polar surface area (TPSA) is 92.9 Å². The maximum atomic E-state index is 11.9. The zero-order valence-corrected chi connectivity index (χ0v) is 10.4. The van der Waals surface area contributed by atoms with Gasteiger partial charge in [0.05, 0.1) is 0 Å². The van der Waals surface area contributed by atoms with E-state index in [0.717, 1.165) is 10.5 Å². The zero-order chi connectivity index (χ0) is 13.8. The SMILES string of the molecule is NC1CC(C(=O)OCc2ccccc2)N(C(=O)O)C1. The Hall–Kier alpha value is -2.08. The molecule has 19 heavy (non-hydrogen) atoms. The van der Waals surface area contributed by atoms with E-state index in [4.69, 9.17) is 15.6 Å². The molecule has 1 aliphatic heterocycles. The van der Waals surface area contributed by atoms with Crippen molar-refractivity contribution in [1.29, 1.82) is 0 Å². The third-order valence-corrected chi connectivity index (χ3v) is 3.08. The average molecular weight is 264 g/mol. The van der Waals surface area contributed by atoms with E-state index < -0.39 is 18.1 Å². The molecular weight excluding hydrogens is 248 g/mol. The molecule has 0 spiro atoms. The van der Waals surface area contributed by atoms with Gasteiger partial charge in [0.25, 0.3) is 0 Å². The van der Waals surface area contributed by atoms with E-state index >= 15 is 0 Å². The summed E-state index contributed by atoms with van der Waals surface area (Å²) in [6.45, 7) is 0.305. The van der Waals surface area contributed by atoms with Gasteiger partial charge < -0.3 is 15.6 Å². The van der Waals surface area contributed by atoms with E-state index in [9.17, 15) is 9.59 Å². The number of nitrogens with two attached hydrogens (primary N) is 1. The first kappa shape index (κ1) is 13.4. The number of nitrogens with zero attached hydrogens (tertiary/aromatic N) is 1. The summed E-state index contributed by atoms with van der Waals surface area (Å²) in [4.78, 5) is 23.9. The number of benzene rings is 1. The summed E-state index contributed by atoms with van der Waals surface area (Å²) in [5, 5.41) is 9.00. The molecule has 6 nitrogen and oxygen atoms in total. The Kier molecular flexibility index (Phi) is 4.01. The molecule has 0 aliphatic carbocycles. The highest BCUT2D eigenvalue weighted by molar-refractivity contribution is 5.81. The first-order valence-corrected chi connectivity index (χ1v) is 6.03. The lowest BCUT2D eigenvalue weighted by Crippen LogP contribution is -2.40. The smallest absolute Gasteiger partial charge is 0.408 e. The van der Waals surface area contributed by atoms with Crippen LogP contribution in [0.5, 0.6) is 0 Å². The first-order valence-electron chi connectivity index (χ1n) is 6.03. The molecular formula is C13H16N2O4. The lowest BCUT2D eigenvalue weighted by atomic mass is 10.2. The molecule has 2 atom stereocenters. The van der Waals surface area contributed by atoms with Gasteiger partial charge in [0, 0.05) is 12.6 Å². The number of hydrogen-bond acceptors (Lipinski definition) is 4. The molecule has 6 heteroatoms. The predicted molar refractivity (Wildman–Crippen MR) is 67.3 cm³/mol. The van der Waals surface area contributed by atoms with Crippen molar-refractivity contribution >= 4 is 12.1 Å². The number of likely N-dealkylation sites (tertiary alicyclic amines) is 1. The molecule has 0 saturated carbocycles. The molecule has 1 aromatic carbocycles. The molecule has 3 N–H and O–H groups in total. The van der Waals surface area contributed by atoms with Crippen molar-refractivity contribution in [3.63, 3.8) is 0 Å². The predicted octanol–water partition coefficient (Wildman–Crippen LogP) is 0.809. The fourth-order valence-electron chi connectivity index (χ4n) is 2.13. The summed E-state index contributed by atoms with van der Waals surface area (Å²) in [7, 11) is 0. The second kappa shape index (κ2) is 5.71. The minimum absolute atomic E-state index is 0.138. The van der Waals surface area contributed by atoms with Crippen LogP contribution in [0, 0.1) is 0 Å². The van der Waals surface area contributed by atoms with Crippen LogP contribution in [0.4, 0.5) is 4.79 Å². The molecule has 2 rings (SSSR count). The van der Waals surface area contributed by atoms with Crippen LogP contribution in [0.2, 0.25) is 0 Å². The van der Waals surface area contributed by atoms with E-state index in [1.165, 1.54) is 0 Å². The number of carbonyl (C=O) groups is 2. The Balaban J connectivity index is 1.94. The number of ether oxygens (including phenoxy) is 1. The Labute approximate surface area is 110 Å². The summed E-state index contributed by atoms with van der Waals surface area (Å²) in [6, 6.07) is 8.12. The maximum absolute atomic E-state index is 11.9. The molecule has 0 aromatic heterocycles. The standard InChI is InChI=1S/C13H16N2O4/c14-10-6-11(15(7-10)13(17)18)12(16)19-8-9-4-2-1-3-5-9/h1-5,10-11H,6-8,14H2,(H,17,18). The maximum Gasteiger partial charge on any atom is 0.408 e. The highest BCUT2D eigenvalue weighted by Gasteiger charge is 2.39. The molecule has 2 unspecified atom stereocenters. The van der Waals surface area contributed by atoms with Gasteiger partial charge in [0.15, 0.2) is 0 Å². The second-order valence-corrected chi connectivity index (χ2v) is 4.54. The Bertz CT molecular complexity index is 463. The molecule has 1 heterocycles. The van der Waals surface area contributed by atoms with Crippen LogP contribution < -0.4 is 5.73 Å². The molecule has 102 valence electrons. The highest BCUT2D eigenvalue weighted by atomic mass is 16.5. The Morgan fingerprint density at radius 1 is 1.37 bits per heavy atom. The van der Waals surface area contributed by atoms with Crippen molar-refractivity contribution in [3.8, 4) is 0 Å². The lowest BCUT2D eigenvalue weighted by Gasteiger charge is -2.19. The van der Waals surface area contributed by atoms with Crippen LogP contribution in [0.25, 0.3) is 0 Å². The average Bonchev–Trinajstić information content (AvgIpc) is 2.79. The van der Waals surface area contributed by atoms with Crippen LogP contribution in [-0.2, 0) is 16.1 Å². The van der Waals surface area contributed by atoms with Gasteiger partial charge in [-0.25, -0.2) is 9.59 Å². The minimum Gasteiger partial charge on any atom is -0.465 e. The molecule has 1 fully saturated rings. The second-order valence-electron chi connectivity index (χ2n) is 4.54. The third kappa shape index (κ3) is 3.23. The van der Waals surface area contributed by atoms with E-state index in [1.807, 2.05) is 30.3 Å². The minimum atomic E-state index is -1.14. The lowest BCUT2D eigenvalue weighted by molar-refractivity contribution is -0.149. The van der Waals surface area contributed by atoms with Crippen molar-refractivity contribution in [3.05, 3.63) is 35.9 Å². The summed E-state index contributed by atoms with van der Waals surface area (Å²) in [5.74, 6) is -0.542. The van der Waals surface area contributed by atoms with Gasteiger partial charge in [-0.05, 0) is 12.0 Å². The number of esters is 1. The van der Waals surface area contributed by atoms with Crippen LogP contribution in [-0.4, -0.2) is 40.7 Å². The molecule has 1 aromatic rings. The molecule has 0 radical (unpaired) electrons. The zero-order valence-electron chi connectivity index (χ0n) is 10.4. The quantitative estimate of drug-likeness (QED) is 0.788. The van der Waals surface area contributed by atoms with Crippen LogP contribution in [0.3, 0.4) is 0 Å². The molecule has 1 aliphatic rings. The van der Waals surface area contributed by atoms with Crippen LogP contribution >= 0.6 is 0 Å². The number of carbonyl (C=O) groups excluding carboxylic acids is 1. The van der Waals surface area contributed by atoms with Gasteiger partial charge >= 0.3 is 12.1 Å². The Morgan fingerprint density at radius 3 is 2.68 bits per heavy atom. The van der Waals surface area contributed by atoms with Crippen molar-refractivity contribution in [1.82, 2.24) is 4.90 Å². The first-order chi connectivity index (χ1) is 9.08. The van der Waals surface area contributed by atoms with Crippen molar-refractivity contribution < 1.29 is 19.4 Å². The molecule has 1 saturated heterocycles. The van der Waals surface area contributed by atoms with E-state index in [-0.39, 0.29) is 19.2 Å². The van der Waals surface area contributed by atoms with Crippen molar-refractivity contribution in [2.24, 2.45) is 5.73 Å². The van der Waals surface area contributed by atoms with Crippen molar-refractivity contribution in [2.75, 3.05) is 6.54 Å². The number of amides is 1. The summed E-state index contributed by atoms with van der Waals surface area (Å²) >= 11 is 0. The fraction of sp³-hybridized carbons (Fsp3) is 0.385. The molecule has 0 bridgehead atoms. The van der Waals surface area contributed by atoms with E-state index in [2.05, 4.69) is 0 Å². The Morgan fingerprint density at radius 2 is 2.05 bits per heavy atom. The van der Waals surface area contributed by atoms with Gasteiger partial charge in [0.1, 0.15) is 12.6 Å². The van der Waals surface area contributed by atoms with Gasteiger partial charge in [-0.1, -0.05) is 30.3 Å². The fourth-order valence-corrected chi connectivity index (χ4v) is 2.13. The highest BCUT2D eigenvalue weighted by Crippen LogP contribution is 2.18. The summed E-state index contributed by atoms with van der Waals surface area (Å²) in [5.41, 5.74) is 6.55. The summed E-state index contributed by atoms with van der Waals surface area (Å²) in [6.07, 6.45) is -0.838. The van der Waals surface area contributed by atoms with Gasteiger partial charge in [-0.2, -0.15) is 0 Å². The van der Waals surface area contributed by atoms with E-state index in [0.29, 0.717) is 6.42 Å². The molecule has 1 amide bonds. The van der Waals surface area contributed by atoms with Gasteiger partial charge in [-0.15, -0.1) is 0 Å². The van der Waals surface area contributed by atoms with Crippen molar-refractivity contribution in [2.45, 2.75) is 25.1 Å². The normalized spacial score (nSPS) is 22.3. The van der Waals surface area contributed by atoms with Gasteiger partial charge in [0.2, 0.25) is 0 Å². The van der Waals surface area contributed by atoms with Crippen LogP contribution in [0.15, 0.2) is 30.3 Å². The van der Waals surface area contributed by atoms with E-state index in [1.54, 1.807) is 0 Å². The number of carboxylic acid groups (broad SMARTS) is 1. The van der Waals surface area contributed by atoms with Crippen LogP contribution in [0.1, 0.15) is 12.0 Å². The number of rotatable bonds is 3. The largest absolute Gasteiger partial charge is 0.465 e. The summed E-state index contributed by atoms with van der Waals surface area (Å²) < 4.78 is 5.14.